The van der Waals surface area contributed by atoms with Crippen molar-refractivity contribution in [1.82, 2.24) is 0 Å². The molecule has 1 N–H and O–H groups in total. The number of hydrogen-bond donors (Lipinski definition) is 1. The molecule has 1 rings (SSSR count). The van der Waals surface area contributed by atoms with Crippen molar-refractivity contribution in [3.05, 3.63) is 47.5 Å². The predicted molar refractivity (Wildman–Crippen MR) is 56.3 cm³/mol. The Morgan fingerprint density at radius 1 is 1.50 bits per heavy atom. The topological polar surface area (TPSA) is 37.3 Å². The Morgan fingerprint density at radius 3 is 2.79 bits per heavy atom. The van der Waals surface area contributed by atoms with Crippen molar-refractivity contribution in [1.29, 1.82) is 0 Å². The molecule has 0 amide bonds. The van der Waals surface area contributed by atoms with Gasteiger partial charge in [-0.3, -0.25) is 0 Å². The minimum Gasteiger partial charge on any atom is -0.478 e. The molecule has 0 radical (unpaired) electrons. The van der Waals surface area contributed by atoms with Crippen LogP contribution in [0.5, 0.6) is 0 Å². The first-order valence-corrected chi connectivity index (χ1v) is 4.56. The van der Waals surface area contributed by atoms with E-state index in [-0.39, 0.29) is 5.57 Å². The van der Waals surface area contributed by atoms with E-state index in [1.54, 1.807) is 0 Å². The molecule has 1 aromatic rings. The third kappa shape index (κ3) is 3.05. The van der Waals surface area contributed by atoms with E-state index in [0.717, 1.165) is 12.0 Å². The van der Waals surface area contributed by atoms with E-state index in [1.807, 2.05) is 25.1 Å². The maximum atomic E-state index is 10.5. The molecule has 0 heterocycles. The summed E-state index contributed by atoms with van der Waals surface area (Å²) in [6, 6.07) is 8.07. The summed E-state index contributed by atoms with van der Waals surface area (Å²) in [6.45, 7) is 5.52. The average molecular weight is 190 g/mol. The molecule has 0 saturated carbocycles. The fourth-order valence-corrected chi connectivity index (χ4v) is 1.27. The quantitative estimate of drug-likeness (QED) is 0.741. The van der Waals surface area contributed by atoms with E-state index in [1.165, 1.54) is 5.56 Å². The Bertz CT molecular complexity index is 353. The van der Waals surface area contributed by atoms with Crippen LogP contribution in [0.25, 0.3) is 0 Å². The summed E-state index contributed by atoms with van der Waals surface area (Å²) in [7, 11) is 0. The van der Waals surface area contributed by atoms with Gasteiger partial charge < -0.3 is 5.11 Å². The summed E-state index contributed by atoms with van der Waals surface area (Å²) in [5.74, 6) is -0.905. The molecule has 2 nitrogen and oxygen atoms in total. The van der Waals surface area contributed by atoms with Gasteiger partial charge in [-0.15, -0.1) is 0 Å². The zero-order valence-electron chi connectivity index (χ0n) is 8.29. The van der Waals surface area contributed by atoms with Gasteiger partial charge in [0.15, 0.2) is 0 Å². The minimum atomic E-state index is -0.905. The summed E-state index contributed by atoms with van der Waals surface area (Å²) in [6.07, 6.45) is 1.26. The molecule has 14 heavy (non-hydrogen) atoms. The van der Waals surface area contributed by atoms with Crippen LogP contribution in [0.4, 0.5) is 0 Å². The van der Waals surface area contributed by atoms with Crippen LogP contribution in [-0.2, 0) is 11.2 Å². The molecular formula is C12H14O2. The standard InChI is InChI=1S/C12H14O2/c1-9-4-3-5-11(8-9)7-6-10(2)12(13)14/h3-5,8H,2,6-7H2,1H3,(H,13,14). The molecule has 0 unspecified atom stereocenters. The molecule has 0 aliphatic rings. The number of carboxylic acid groups (broad SMARTS) is 1. The lowest BCUT2D eigenvalue weighted by atomic mass is 10.0. The second-order valence-electron chi connectivity index (χ2n) is 3.40. The van der Waals surface area contributed by atoms with Gasteiger partial charge in [0.25, 0.3) is 0 Å². The molecule has 2 heteroatoms. The Hall–Kier alpha value is -1.57. The van der Waals surface area contributed by atoms with E-state index in [0.29, 0.717) is 6.42 Å². The Balaban J connectivity index is 2.54. The first-order chi connectivity index (χ1) is 6.59. The van der Waals surface area contributed by atoms with Gasteiger partial charge in [-0.1, -0.05) is 36.4 Å². The third-order valence-electron chi connectivity index (χ3n) is 2.10. The number of benzene rings is 1. The zero-order chi connectivity index (χ0) is 10.6. The van der Waals surface area contributed by atoms with Gasteiger partial charge in [0.05, 0.1) is 0 Å². The van der Waals surface area contributed by atoms with Crippen molar-refractivity contribution in [2.75, 3.05) is 0 Å². The fraction of sp³-hybridized carbons (Fsp3) is 0.250. The van der Waals surface area contributed by atoms with E-state index in [9.17, 15) is 4.79 Å². The predicted octanol–water partition coefficient (Wildman–Crippen LogP) is 2.57. The molecule has 0 bridgehead atoms. The lowest BCUT2D eigenvalue weighted by Crippen LogP contribution is -2.00. The highest BCUT2D eigenvalue weighted by atomic mass is 16.4. The maximum absolute atomic E-state index is 10.5. The molecule has 0 spiro atoms. The average Bonchev–Trinajstić information content (AvgIpc) is 2.14. The SMILES string of the molecule is C=C(CCc1cccc(C)c1)C(=O)O. The summed E-state index contributed by atoms with van der Waals surface area (Å²) >= 11 is 0. The summed E-state index contributed by atoms with van der Waals surface area (Å²) in [4.78, 5) is 10.5. The monoisotopic (exact) mass is 190 g/mol. The molecular weight excluding hydrogens is 176 g/mol. The highest BCUT2D eigenvalue weighted by Gasteiger charge is 2.03. The molecule has 0 aliphatic carbocycles. The third-order valence-corrected chi connectivity index (χ3v) is 2.10. The molecule has 0 saturated heterocycles. The Kier molecular flexibility index (Phi) is 3.46. The number of carbonyl (C=O) groups is 1. The van der Waals surface area contributed by atoms with Crippen LogP contribution in [0, 0.1) is 6.92 Å². The molecule has 0 aliphatic heterocycles. The number of aliphatic carboxylic acids is 1. The van der Waals surface area contributed by atoms with E-state index in [2.05, 4.69) is 12.6 Å². The van der Waals surface area contributed by atoms with Crippen LogP contribution in [0.15, 0.2) is 36.4 Å². The van der Waals surface area contributed by atoms with Gasteiger partial charge in [-0.25, -0.2) is 4.79 Å². The normalized spacial score (nSPS) is 9.79. The summed E-state index contributed by atoms with van der Waals surface area (Å²) < 4.78 is 0. The summed E-state index contributed by atoms with van der Waals surface area (Å²) in [5, 5.41) is 8.62. The minimum absolute atomic E-state index is 0.270. The molecule has 0 aromatic heterocycles. The molecule has 74 valence electrons. The van der Waals surface area contributed by atoms with Crippen molar-refractivity contribution in [2.45, 2.75) is 19.8 Å². The van der Waals surface area contributed by atoms with Crippen LogP contribution in [-0.4, -0.2) is 11.1 Å². The fourth-order valence-electron chi connectivity index (χ4n) is 1.27. The zero-order valence-corrected chi connectivity index (χ0v) is 8.29. The number of rotatable bonds is 4. The molecule has 0 fully saturated rings. The first kappa shape index (κ1) is 10.5. The molecule has 0 atom stereocenters. The largest absolute Gasteiger partial charge is 0.478 e. The van der Waals surface area contributed by atoms with E-state index in [4.69, 9.17) is 5.11 Å². The van der Waals surface area contributed by atoms with Gasteiger partial charge in [-0.05, 0) is 25.3 Å². The lowest BCUT2D eigenvalue weighted by molar-refractivity contribution is -0.132. The maximum Gasteiger partial charge on any atom is 0.330 e. The van der Waals surface area contributed by atoms with Gasteiger partial charge in [0.2, 0.25) is 0 Å². The summed E-state index contributed by atoms with van der Waals surface area (Å²) in [5.41, 5.74) is 2.63. The highest BCUT2D eigenvalue weighted by molar-refractivity contribution is 5.85. The van der Waals surface area contributed by atoms with Crippen molar-refractivity contribution in [3.8, 4) is 0 Å². The van der Waals surface area contributed by atoms with Crippen LogP contribution in [0.2, 0.25) is 0 Å². The van der Waals surface area contributed by atoms with Crippen molar-refractivity contribution in [2.24, 2.45) is 0 Å². The van der Waals surface area contributed by atoms with Gasteiger partial charge in [0, 0.05) is 5.57 Å². The molecule has 1 aromatic carbocycles. The second-order valence-corrected chi connectivity index (χ2v) is 3.40. The number of hydrogen-bond acceptors (Lipinski definition) is 1. The Morgan fingerprint density at radius 2 is 2.21 bits per heavy atom. The van der Waals surface area contributed by atoms with Crippen molar-refractivity contribution >= 4 is 5.97 Å². The van der Waals surface area contributed by atoms with Gasteiger partial charge in [0.1, 0.15) is 0 Å². The second kappa shape index (κ2) is 4.61. The first-order valence-electron chi connectivity index (χ1n) is 4.56. The number of aryl methyl sites for hydroxylation is 2. The van der Waals surface area contributed by atoms with Crippen LogP contribution in [0.1, 0.15) is 17.5 Å². The Labute approximate surface area is 83.9 Å². The lowest BCUT2D eigenvalue weighted by Gasteiger charge is -2.02. The van der Waals surface area contributed by atoms with E-state index < -0.39 is 5.97 Å². The van der Waals surface area contributed by atoms with Crippen LogP contribution in [0.3, 0.4) is 0 Å². The van der Waals surface area contributed by atoms with E-state index >= 15 is 0 Å². The van der Waals surface area contributed by atoms with Crippen molar-refractivity contribution < 1.29 is 9.90 Å². The van der Waals surface area contributed by atoms with Gasteiger partial charge in [-0.2, -0.15) is 0 Å². The van der Waals surface area contributed by atoms with Crippen LogP contribution >= 0.6 is 0 Å². The van der Waals surface area contributed by atoms with Crippen LogP contribution < -0.4 is 0 Å². The smallest absolute Gasteiger partial charge is 0.330 e. The van der Waals surface area contributed by atoms with Crippen molar-refractivity contribution in [3.63, 3.8) is 0 Å². The van der Waals surface area contributed by atoms with Gasteiger partial charge >= 0.3 is 5.97 Å². The number of carboxylic acids is 1. The highest BCUT2D eigenvalue weighted by Crippen LogP contribution is 2.09.